The van der Waals surface area contributed by atoms with E-state index in [9.17, 15) is 9.59 Å². The van der Waals surface area contributed by atoms with Crippen LogP contribution < -0.4 is 5.32 Å². The lowest BCUT2D eigenvalue weighted by atomic mass is 10.0. The molecule has 6 heteroatoms. The molecule has 2 heterocycles. The first-order chi connectivity index (χ1) is 14.5. The molecular formula is C24H21ClN2O2S. The van der Waals surface area contributed by atoms with E-state index in [4.69, 9.17) is 11.6 Å². The second kappa shape index (κ2) is 8.46. The standard InChI is InChI=1S/C24H21ClN2O2S/c1-15(2)16-9-11-18(12-10-16)26-22-21(20-8-5-13-30-20)23(28)27(24(22)29)14-17-6-3-4-7-19(17)25/h3-13,15,26H,14H2,1-2H3. The zero-order valence-electron chi connectivity index (χ0n) is 16.7. The van der Waals surface area contributed by atoms with Crippen LogP contribution in [0.2, 0.25) is 5.02 Å². The predicted octanol–water partition coefficient (Wildman–Crippen LogP) is 5.92. The number of hydrogen-bond donors (Lipinski definition) is 1. The number of carbonyl (C=O) groups is 2. The highest BCUT2D eigenvalue weighted by Gasteiger charge is 2.39. The Balaban J connectivity index is 1.68. The fourth-order valence-corrected chi connectivity index (χ4v) is 4.34. The van der Waals surface area contributed by atoms with Crippen LogP contribution in [-0.2, 0) is 16.1 Å². The highest BCUT2D eigenvalue weighted by atomic mass is 35.5. The van der Waals surface area contributed by atoms with E-state index in [2.05, 4.69) is 19.2 Å². The summed E-state index contributed by atoms with van der Waals surface area (Å²) in [4.78, 5) is 28.5. The van der Waals surface area contributed by atoms with Crippen molar-refractivity contribution in [1.29, 1.82) is 0 Å². The molecule has 0 saturated carbocycles. The Hall–Kier alpha value is -2.89. The van der Waals surface area contributed by atoms with Crippen molar-refractivity contribution in [3.63, 3.8) is 0 Å². The molecule has 0 aliphatic carbocycles. The van der Waals surface area contributed by atoms with Crippen LogP contribution in [0.15, 0.2) is 71.7 Å². The van der Waals surface area contributed by atoms with E-state index in [-0.39, 0.29) is 18.4 Å². The highest BCUT2D eigenvalue weighted by molar-refractivity contribution is 7.11. The molecule has 1 N–H and O–H groups in total. The van der Waals surface area contributed by atoms with Crippen molar-refractivity contribution < 1.29 is 9.59 Å². The minimum atomic E-state index is -0.351. The molecule has 0 bridgehead atoms. The van der Waals surface area contributed by atoms with Gasteiger partial charge in [0.1, 0.15) is 5.70 Å². The summed E-state index contributed by atoms with van der Waals surface area (Å²) in [5.74, 6) is -0.249. The molecule has 1 aromatic heterocycles. The van der Waals surface area contributed by atoms with Gasteiger partial charge >= 0.3 is 0 Å². The van der Waals surface area contributed by atoms with Crippen molar-refractivity contribution in [3.8, 4) is 0 Å². The Bertz CT molecular complexity index is 1120. The number of amides is 2. The average Bonchev–Trinajstić information content (AvgIpc) is 3.33. The largest absolute Gasteiger partial charge is 0.350 e. The fourth-order valence-electron chi connectivity index (χ4n) is 3.38. The molecule has 4 nitrogen and oxygen atoms in total. The molecule has 3 aromatic rings. The van der Waals surface area contributed by atoms with Crippen molar-refractivity contribution >= 4 is 46.0 Å². The lowest BCUT2D eigenvalue weighted by molar-refractivity contribution is -0.137. The molecule has 152 valence electrons. The van der Waals surface area contributed by atoms with Gasteiger partial charge in [-0.15, -0.1) is 11.3 Å². The molecule has 0 saturated heterocycles. The van der Waals surface area contributed by atoms with Gasteiger partial charge in [-0.1, -0.05) is 61.8 Å². The summed E-state index contributed by atoms with van der Waals surface area (Å²) in [6.45, 7) is 4.39. The maximum Gasteiger partial charge on any atom is 0.278 e. The van der Waals surface area contributed by atoms with Crippen molar-refractivity contribution in [2.24, 2.45) is 0 Å². The molecule has 0 spiro atoms. The second-order valence-corrected chi connectivity index (χ2v) is 8.77. The zero-order chi connectivity index (χ0) is 21.3. The number of imide groups is 1. The van der Waals surface area contributed by atoms with E-state index in [1.807, 2.05) is 60.0 Å². The summed E-state index contributed by atoms with van der Waals surface area (Å²) < 4.78 is 0. The average molecular weight is 437 g/mol. The third kappa shape index (κ3) is 3.91. The molecule has 1 aliphatic rings. The van der Waals surface area contributed by atoms with Crippen LogP contribution in [-0.4, -0.2) is 16.7 Å². The molecular weight excluding hydrogens is 416 g/mol. The lowest BCUT2D eigenvalue weighted by Gasteiger charge is -2.16. The van der Waals surface area contributed by atoms with E-state index >= 15 is 0 Å². The second-order valence-electron chi connectivity index (χ2n) is 7.42. The Kier molecular flexibility index (Phi) is 5.75. The first-order valence-electron chi connectivity index (χ1n) is 9.70. The van der Waals surface area contributed by atoms with Gasteiger partial charge in [-0.05, 0) is 46.7 Å². The van der Waals surface area contributed by atoms with E-state index in [0.717, 1.165) is 16.1 Å². The third-order valence-corrected chi connectivity index (χ3v) is 6.32. The smallest absolute Gasteiger partial charge is 0.278 e. The Labute approximate surface area is 184 Å². The van der Waals surface area contributed by atoms with Gasteiger partial charge in [-0.3, -0.25) is 14.5 Å². The minimum Gasteiger partial charge on any atom is -0.350 e. The molecule has 4 rings (SSSR count). The number of rotatable bonds is 6. The van der Waals surface area contributed by atoms with Crippen LogP contribution in [0.25, 0.3) is 5.57 Å². The molecule has 1 aliphatic heterocycles. The van der Waals surface area contributed by atoms with E-state index in [1.54, 1.807) is 6.07 Å². The number of benzene rings is 2. The number of carbonyl (C=O) groups excluding carboxylic acids is 2. The molecule has 2 amide bonds. The van der Waals surface area contributed by atoms with Crippen LogP contribution in [0.3, 0.4) is 0 Å². The van der Waals surface area contributed by atoms with Crippen molar-refractivity contribution in [2.75, 3.05) is 5.32 Å². The van der Waals surface area contributed by atoms with Crippen molar-refractivity contribution in [3.05, 3.63) is 92.8 Å². The third-order valence-electron chi connectivity index (χ3n) is 5.07. The summed E-state index contributed by atoms with van der Waals surface area (Å²) in [5.41, 5.74) is 3.40. The van der Waals surface area contributed by atoms with Gasteiger partial charge in [0.15, 0.2) is 0 Å². The minimum absolute atomic E-state index is 0.129. The van der Waals surface area contributed by atoms with Gasteiger partial charge in [0.05, 0.1) is 12.1 Å². The number of thiophene rings is 1. The van der Waals surface area contributed by atoms with Gasteiger partial charge in [0, 0.05) is 15.6 Å². The summed E-state index contributed by atoms with van der Waals surface area (Å²) in [7, 11) is 0. The van der Waals surface area contributed by atoms with Crippen molar-refractivity contribution in [2.45, 2.75) is 26.3 Å². The van der Waals surface area contributed by atoms with Crippen LogP contribution in [0, 0.1) is 0 Å². The fraction of sp³-hybridized carbons (Fsp3) is 0.167. The van der Waals surface area contributed by atoms with Crippen LogP contribution in [0.5, 0.6) is 0 Å². The van der Waals surface area contributed by atoms with Gasteiger partial charge in [0.25, 0.3) is 11.8 Å². The van der Waals surface area contributed by atoms with Crippen molar-refractivity contribution in [1.82, 2.24) is 4.90 Å². The predicted molar refractivity (Wildman–Crippen MR) is 122 cm³/mol. The maximum absolute atomic E-state index is 13.3. The lowest BCUT2D eigenvalue weighted by Crippen LogP contribution is -2.32. The number of anilines is 1. The first-order valence-corrected chi connectivity index (χ1v) is 11.0. The maximum atomic E-state index is 13.3. The SMILES string of the molecule is CC(C)c1ccc(NC2=C(c3cccs3)C(=O)N(Cc3ccccc3Cl)C2=O)cc1. The number of nitrogens with zero attached hydrogens (tertiary/aromatic N) is 1. The van der Waals surface area contributed by atoms with Crippen LogP contribution in [0.4, 0.5) is 5.69 Å². The topological polar surface area (TPSA) is 49.4 Å². The van der Waals surface area contributed by atoms with E-state index in [0.29, 0.717) is 22.2 Å². The summed E-state index contributed by atoms with van der Waals surface area (Å²) in [6.07, 6.45) is 0. The van der Waals surface area contributed by atoms with E-state index < -0.39 is 0 Å². The zero-order valence-corrected chi connectivity index (χ0v) is 18.3. The summed E-state index contributed by atoms with van der Waals surface area (Å²) in [5, 5.41) is 5.62. The highest BCUT2D eigenvalue weighted by Crippen LogP contribution is 2.34. The molecule has 0 atom stereocenters. The summed E-state index contributed by atoms with van der Waals surface area (Å²) in [6, 6.07) is 18.9. The van der Waals surface area contributed by atoms with Crippen LogP contribution in [0.1, 0.15) is 35.8 Å². The Morgan fingerprint density at radius 3 is 2.33 bits per heavy atom. The van der Waals surface area contributed by atoms with Gasteiger partial charge in [-0.2, -0.15) is 0 Å². The Morgan fingerprint density at radius 2 is 1.70 bits per heavy atom. The van der Waals surface area contributed by atoms with Gasteiger partial charge in [0.2, 0.25) is 0 Å². The van der Waals surface area contributed by atoms with Gasteiger partial charge in [-0.25, -0.2) is 0 Å². The molecule has 2 aromatic carbocycles. The van der Waals surface area contributed by atoms with Crippen LogP contribution >= 0.6 is 22.9 Å². The monoisotopic (exact) mass is 436 g/mol. The normalized spacial score (nSPS) is 14.2. The summed E-state index contributed by atoms with van der Waals surface area (Å²) >= 11 is 7.70. The quantitative estimate of drug-likeness (QED) is 0.488. The Morgan fingerprint density at radius 1 is 0.967 bits per heavy atom. The number of nitrogens with one attached hydrogen (secondary N) is 1. The first kappa shape index (κ1) is 20.4. The molecule has 0 unspecified atom stereocenters. The molecule has 0 fully saturated rings. The number of hydrogen-bond acceptors (Lipinski definition) is 4. The molecule has 30 heavy (non-hydrogen) atoms. The molecule has 0 radical (unpaired) electrons. The van der Waals surface area contributed by atoms with Gasteiger partial charge < -0.3 is 5.32 Å². The van der Waals surface area contributed by atoms with E-state index in [1.165, 1.54) is 21.8 Å². The number of halogens is 1.